The van der Waals surface area contributed by atoms with Crippen LogP contribution in [0.2, 0.25) is 0 Å². The first-order chi connectivity index (χ1) is 16.3. The summed E-state index contributed by atoms with van der Waals surface area (Å²) >= 11 is 0. The fourth-order valence-corrected chi connectivity index (χ4v) is 3.59. The minimum Gasteiger partial charge on any atom is -0.482 e. The summed E-state index contributed by atoms with van der Waals surface area (Å²) in [6, 6.07) is 20.8. The van der Waals surface area contributed by atoms with Gasteiger partial charge in [-0.05, 0) is 38.5 Å². The maximum Gasteiger partial charge on any atom is 0.345 e. The fourth-order valence-electron chi connectivity index (χ4n) is 3.59. The molecule has 3 aromatic carbocycles. The zero-order valence-electron chi connectivity index (χ0n) is 19.2. The second kappa shape index (κ2) is 9.75. The number of benzene rings is 3. The van der Waals surface area contributed by atoms with Crippen molar-refractivity contribution >= 4 is 22.7 Å². The van der Waals surface area contributed by atoms with Crippen LogP contribution in [0.15, 0.2) is 82.0 Å². The summed E-state index contributed by atoms with van der Waals surface area (Å²) in [6.07, 6.45) is -1.10. The van der Waals surface area contributed by atoms with Gasteiger partial charge in [0, 0.05) is 28.6 Å². The summed E-state index contributed by atoms with van der Waals surface area (Å²) in [6.45, 7) is 5.27. The third-order valence-electron chi connectivity index (χ3n) is 5.48. The molecule has 0 N–H and O–H groups in total. The molecule has 34 heavy (non-hydrogen) atoms. The van der Waals surface area contributed by atoms with Gasteiger partial charge in [0.1, 0.15) is 11.3 Å². The maximum absolute atomic E-state index is 13.2. The number of hydrogen-bond acceptors (Lipinski definition) is 6. The first-order valence-corrected chi connectivity index (χ1v) is 10.8. The predicted octanol–water partition coefficient (Wildman–Crippen LogP) is 5.26. The van der Waals surface area contributed by atoms with Crippen LogP contribution in [0, 0.1) is 20.8 Å². The van der Waals surface area contributed by atoms with Gasteiger partial charge in [-0.2, -0.15) is 0 Å². The largest absolute Gasteiger partial charge is 0.482 e. The summed E-state index contributed by atoms with van der Waals surface area (Å²) in [5, 5.41) is 0.776. The second-order valence-electron chi connectivity index (χ2n) is 8.21. The molecule has 0 saturated heterocycles. The molecule has 4 rings (SSSR count). The molecule has 0 unspecified atom stereocenters. The maximum atomic E-state index is 13.2. The Labute approximate surface area is 196 Å². The molecule has 1 aromatic heterocycles. The molecule has 172 valence electrons. The lowest BCUT2D eigenvalue weighted by atomic mass is 9.98. The van der Waals surface area contributed by atoms with Crippen molar-refractivity contribution in [3.05, 3.63) is 111 Å². The van der Waals surface area contributed by atoms with Crippen molar-refractivity contribution in [2.75, 3.05) is 6.61 Å². The van der Waals surface area contributed by atoms with Crippen molar-refractivity contribution in [3.63, 3.8) is 0 Å². The van der Waals surface area contributed by atoms with Crippen molar-refractivity contribution in [3.8, 4) is 5.75 Å². The van der Waals surface area contributed by atoms with Gasteiger partial charge in [0.2, 0.25) is 5.78 Å². The Hall–Kier alpha value is -4.19. The van der Waals surface area contributed by atoms with E-state index in [1.165, 1.54) is 6.07 Å². The molecule has 0 aliphatic carbocycles. The van der Waals surface area contributed by atoms with E-state index < -0.39 is 24.3 Å². The molecule has 0 aliphatic rings. The topological polar surface area (TPSA) is 82.8 Å². The molecule has 0 fully saturated rings. The average Bonchev–Trinajstić information content (AvgIpc) is 2.81. The van der Waals surface area contributed by atoms with Gasteiger partial charge in [-0.3, -0.25) is 4.79 Å². The van der Waals surface area contributed by atoms with Crippen molar-refractivity contribution in [2.24, 2.45) is 0 Å². The zero-order chi connectivity index (χ0) is 24.2. The number of hydrogen-bond donors (Lipinski definition) is 0. The van der Waals surface area contributed by atoms with Crippen molar-refractivity contribution in [2.45, 2.75) is 26.9 Å². The predicted molar refractivity (Wildman–Crippen MR) is 128 cm³/mol. The molecular formula is C28H24O6. The van der Waals surface area contributed by atoms with Gasteiger partial charge < -0.3 is 13.9 Å². The number of Topliss-reactive ketones (excluding diaryl/α,β-unsaturated/α-hetero) is 1. The van der Waals surface area contributed by atoms with E-state index in [1.54, 1.807) is 42.5 Å². The summed E-state index contributed by atoms with van der Waals surface area (Å²) in [5.41, 5.74) is 3.76. The third-order valence-corrected chi connectivity index (χ3v) is 5.48. The number of carbonyl (C=O) groups is 2. The van der Waals surface area contributed by atoms with E-state index in [0.29, 0.717) is 22.5 Å². The minimum atomic E-state index is -1.10. The van der Waals surface area contributed by atoms with Gasteiger partial charge in [0.15, 0.2) is 12.7 Å². The van der Waals surface area contributed by atoms with E-state index in [0.717, 1.165) is 22.1 Å². The van der Waals surface area contributed by atoms with Crippen LogP contribution < -0.4 is 10.4 Å². The highest BCUT2D eigenvalue weighted by atomic mass is 16.6. The molecule has 4 aromatic rings. The van der Waals surface area contributed by atoms with Crippen LogP contribution in [0.25, 0.3) is 11.0 Å². The van der Waals surface area contributed by atoms with E-state index in [4.69, 9.17) is 13.9 Å². The van der Waals surface area contributed by atoms with Crippen molar-refractivity contribution in [1.29, 1.82) is 0 Å². The summed E-state index contributed by atoms with van der Waals surface area (Å²) in [5.74, 6) is -0.674. The lowest BCUT2D eigenvalue weighted by Crippen LogP contribution is -2.23. The summed E-state index contributed by atoms with van der Waals surface area (Å²) in [4.78, 5) is 37.5. The molecule has 0 amide bonds. The molecule has 0 radical (unpaired) electrons. The van der Waals surface area contributed by atoms with Crippen LogP contribution in [0.1, 0.15) is 38.7 Å². The molecule has 0 spiro atoms. The highest BCUT2D eigenvalue weighted by molar-refractivity contribution is 6.01. The molecule has 0 saturated carbocycles. The van der Waals surface area contributed by atoms with Crippen LogP contribution >= 0.6 is 0 Å². The van der Waals surface area contributed by atoms with Crippen molar-refractivity contribution in [1.82, 2.24) is 0 Å². The highest BCUT2D eigenvalue weighted by Crippen LogP contribution is 2.25. The summed E-state index contributed by atoms with van der Waals surface area (Å²) < 4.78 is 16.4. The molecule has 0 aliphatic heterocycles. The Bertz CT molecular complexity index is 1400. The zero-order valence-corrected chi connectivity index (χ0v) is 19.2. The number of ketones is 1. The van der Waals surface area contributed by atoms with E-state index >= 15 is 0 Å². The number of aryl methyl sites for hydroxylation is 3. The molecule has 1 heterocycles. The van der Waals surface area contributed by atoms with E-state index in [1.807, 2.05) is 45.0 Å². The average molecular weight is 456 g/mol. The summed E-state index contributed by atoms with van der Waals surface area (Å²) in [7, 11) is 0. The van der Waals surface area contributed by atoms with Crippen LogP contribution in [-0.4, -0.2) is 18.4 Å². The number of rotatable bonds is 7. The fraction of sp³-hybridized carbons (Fsp3) is 0.179. The van der Waals surface area contributed by atoms with Crippen LogP contribution in [0.4, 0.5) is 0 Å². The van der Waals surface area contributed by atoms with Gasteiger partial charge in [-0.25, -0.2) is 9.59 Å². The number of fused-ring (bicyclic) bond motifs is 1. The Morgan fingerprint density at radius 2 is 1.50 bits per heavy atom. The van der Waals surface area contributed by atoms with Gasteiger partial charge in [-0.1, -0.05) is 59.7 Å². The molecule has 6 nitrogen and oxygen atoms in total. The lowest BCUT2D eigenvalue weighted by Gasteiger charge is -2.18. The minimum absolute atomic E-state index is 0.319. The van der Waals surface area contributed by atoms with Gasteiger partial charge in [0.25, 0.3) is 0 Å². The van der Waals surface area contributed by atoms with Gasteiger partial charge in [0.05, 0.1) is 0 Å². The smallest absolute Gasteiger partial charge is 0.345 e. The molecule has 6 heteroatoms. The van der Waals surface area contributed by atoms with Crippen LogP contribution in [0.5, 0.6) is 5.75 Å². The first-order valence-electron chi connectivity index (χ1n) is 10.8. The molecule has 1 atom stereocenters. The van der Waals surface area contributed by atoms with Crippen LogP contribution in [-0.2, 0) is 9.53 Å². The number of carbonyl (C=O) groups excluding carboxylic acids is 2. The Kier molecular flexibility index (Phi) is 6.59. The van der Waals surface area contributed by atoms with E-state index in [2.05, 4.69) is 0 Å². The second-order valence-corrected chi connectivity index (χ2v) is 8.21. The van der Waals surface area contributed by atoms with E-state index in [-0.39, 0.29) is 5.78 Å². The quantitative estimate of drug-likeness (QED) is 0.214. The van der Waals surface area contributed by atoms with Crippen LogP contribution in [0.3, 0.4) is 0 Å². The Morgan fingerprint density at radius 3 is 2.18 bits per heavy atom. The number of esters is 1. The number of ether oxygens (including phenoxy) is 2. The third kappa shape index (κ3) is 5.23. The monoisotopic (exact) mass is 456 g/mol. The van der Waals surface area contributed by atoms with Gasteiger partial charge >= 0.3 is 11.6 Å². The lowest BCUT2D eigenvalue weighted by molar-refractivity contribution is -0.149. The van der Waals surface area contributed by atoms with Crippen molar-refractivity contribution < 1.29 is 23.5 Å². The Balaban J connectivity index is 1.51. The SMILES string of the molecule is Cc1ccc(C(=O)[C@H](OC(=O)COc2ccc3c(C)cc(=O)oc3c2)c2ccc(C)cc2)cc1. The normalized spacial score (nSPS) is 11.7. The Morgan fingerprint density at radius 1 is 0.853 bits per heavy atom. The van der Waals surface area contributed by atoms with Gasteiger partial charge in [-0.15, -0.1) is 0 Å². The molecule has 0 bridgehead atoms. The standard InChI is InChI=1S/C28H24O6/c1-17-4-8-20(9-5-17)27(31)28(21-10-6-18(2)7-11-21)34-26(30)16-32-22-12-13-23-19(3)14-25(29)33-24(23)15-22/h4-15,28H,16H2,1-3H3/t28-/m1/s1. The first kappa shape index (κ1) is 23.0. The molecular weight excluding hydrogens is 432 g/mol. The van der Waals surface area contributed by atoms with E-state index in [9.17, 15) is 14.4 Å². The highest BCUT2D eigenvalue weighted by Gasteiger charge is 2.26.